The van der Waals surface area contributed by atoms with Crippen molar-refractivity contribution in [3.05, 3.63) is 65.7 Å². The first-order valence-corrected chi connectivity index (χ1v) is 11.0. The highest BCUT2D eigenvalue weighted by Crippen LogP contribution is 2.25. The molecular weight excluding hydrogens is 515 g/mol. The first kappa shape index (κ1) is 26.4. The first-order valence-electron chi connectivity index (χ1n) is 11.0. The number of ether oxygens (including phenoxy) is 2. The van der Waals surface area contributed by atoms with Gasteiger partial charge >= 0.3 is 0 Å². The molecule has 0 radical (unpaired) electrons. The minimum absolute atomic E-state index is 0. The van der Waals surface area contributed by atoms with E-state index < -0.39 is 0 Å². The van der Waals surface area contributed by atoms with Crippen LogP contribution in [0, 0.1) is 0 Å². The van der Waals surface area contributed by atoms with Gasteiger partial charge < -0.3 is 25.0 Å². The molecular formula is C25H37IN4O2. The van der Waals surface area contributed by atoms with E-state index in [-0.39, 0.29) is 35.6 Å². The molecule has 1 heterocycles. The van der Waals surface area contributed by atoms with E-state index in [1.807, 2.05) is 25.2 Å². The topological polar surface area (TPSA) is 58.1 Å². The van der Waals surface area contributed by atoms with E-state index >= 15 is 0 Å². The molecule has 0 aromatic heterocycles. The Kier molecular flexibility index (Phi) is 10.7. The molecule has 3 rings (SSSR count). The summed E-state index contributed by atoms with van der Waals surface area (Å²) in [6, 6.07) is 19.0. The van der Waals surface area contributed by atoms with E-state index in [9.17, 15) is 0 Å². The predicted molar refractivity (Wildman–Crippen MR) is 142 cm³/mol. The second kappa shape index (κ2) is 13.0. The smallest absolute Gasteiger partial charge is 0.193 e. The average Bonchev–Trinajstić information content (AvgIpc) is 2.81. The molecule has 0 saturated carbocycles. The lowest BCUT2D eigenvalue weighted by atomic mass is 9.88. The van der Waals surface area contributed by atoms with Crippen LogP contribution in [0.1, 0.15) is 36.9 Å². The fraction of sp³-hybridized carbons (Fsp3) is 0.480. The number of para-hydroxylation sites is 1. The molecule has 0 bridgehead atoms. The molecule has 1 aliphatic heterocycles. The Morgan fingerprint density at radius 1 is 1.12 bits per heavy atom. The molecule has 176 valence electrons. The van der Waals surface area contributed by atoms with Crippen LogP contribution in [0.2, 0.25) is 0 Å². The normalized spacial score (nSPS) is 16.6. The molecule has 1 fully saturated rings. The highest BCUT2D eigenvalue weighted by Gasteiger charge is 2.34. The van der Waals surface area contributed by atoms with E-state index in [4.69, 9.17) is 9.47 Å². The lowest BCUT2D eigenvalue weighted by Gasteiger charge is -2.41. The number of guanidine groups is 1. The number of hydrogen-bond donors (Lipinski definition) is 2. The zero-order chi connectivity index (χ0) is 22.1. The molecule has 0 aliphatic carbocycles. The number of benzene rings is 2. The Morgan fingerprint density at radius 2 is 1.78 bits per heavy atom. The SMILES string of the molecule is CN=C(NCC1(NC(C)c2ccccc2)CCOCC1)N(C)Cc1ccccc1OC.I. The van der Waals surface area contributed by atoms with Gasteiger partial charge in [-0.1, -0.05) is 48.5 Å². The molecule has 1 atom stereocenters. The average molecular weight is 553 g/mol. The summed E-state index contributed by atoms with van der Waals surface area (Å²) in [4.78, 5) is 6.65. The summed E-state index contributed by atoms with van der Waals surface area (Å²) in [5.74, 6) is 1.76. The van der Waals surface area contributed by atoms with Crippen molar-refractivity contribution >= 4 is 29.9 Å². The van der Waals surface area contributed by atoms with Crippen LogP contribution in [0.3, 0.4) is 0 Å². The van der Waals surface area contributed by atoms with Gasteiger partial charge in [0.1, 0.15) is 5.75 Å². The maximum atomic E-state index is 5.67. The monoisotopic (exact) mass is 552 g/mol. The minimum atomic E-state index is -0.0469. The molecule has 2 aromatic rings. The molecule has 0 amide bonds. The van der Waals surface area contributed by atoms with E-state index in [1.54, 1.807) is 7.11 Å². The van der Waals surface area contributed by atoms with Gasteiger partial charge in [0, 0.05) is 57.5 Å². The summed E-state index contributed by atoms with van der Waals surface area (Å²) in [6.07, 6.45) is 1.93. The maximum absolute atomic E-state index is 5.67. The fourth-order valence-electron chi connectivity index (χ4n) is 4.22. The predicted octanol–water partition coefficient (Wildman–Crippen LogP) is 4.22. The number of hydrogen-bond acceptors (Lipinski definition) is 4. The Balaban J connectivity index is 0.00000363. The van der Waals surface area contributed by atoms with E-state index in [0.29, 0.717) is 6.54 Å². The maximum Gasteiger partial charge on any atom is 0.193 e. The van der Waals surface area contributed by atoms with Crippen molar-refractivity contribution < 1.29 is 9.47 Å². The largest absolute Gasteiger partial charge is 0.496 e. The van der Waals surface area contributed by atoms with Crippen LogP contribution in [0.15, 0.2) is 59.6 Å². The van der Waals surface area contributed by atoms with Gasteiger partial charge in [0.2, 0.25) is 0 Å². The van der Waals surface area contributed by atoms with Crippen molar-refractivity contribution in [1.82, 2.24) is 15.5 Å². The molecule has 6 nitrogen and oxygen atoms in total. The van der Waals surface area contributed by atoms with Crippen LogP contribution in [-0.4, -0.2) is 57.4 Å². The summed E-state index contributed by atoms with van der Waals surface area (Å²) in [7, 11) is 5.59. The van der Waals surface area contributed by atoms with Crippen molar-refractivity contribution in [3.63, 3.8) is 0 Å². The number of aliphatic imine (C=N–C) groups is 1. The molecule has 1 aliphatic rings. The van der Waals surface area contributed by atoms with Crippen LogP contribution in [0.4, 0.5) is 0 Å². The second-order valence-corrected chi connectivity index (χ2v) is 8.24. The standard InChI is InChI=1S/C25H36N4O2.HI/c1-20(21-10-6-5-7-11-21)28-25(14-16-31-17-15-25)19-27-24(26-2)29(3)18-22-12-8-9-13-23(22)30-4;/h5-13,20,28H,14-19H2,1-4H3,(H,26,27);1H. The second-order valence-electron chi connectivity index (χ2n) is 8.24. The van der Waals surface area contributed by atoms with E-state index in [1.165, 1.54) is 5.56 Å². The van der Waals surface area contributed by atoms with E-state index in [0.717, 1.165) is 49.9 Å². The number of halogens is 1. The molecule has 0 spiro atoms. The lowest BCUT2D eigenvalue weighted by Crippen LogP contribution is -2.58. The molecule has 7 heteroatoms. The highest BCUT2D eigenvalue weighted by atomic mass is 127. The zero-order valence-corrected chi connectivity index (χ0v) is 22.0. The third kappa shape index (κ3) is 7.08. The number of methoxy groups -OCH3 is 1. The van der Waals surface area contributed by atoms with Gasteiger partial charge in [-0.15, -0.1) is 24.0 Å². The Morgan fingerprint density at radius 3 is 2.44 bits per heavy atom. The van der Waals surface area contributed by atoms with Gasteiger partial charge in [0.25, 0.3) is 0 Å². The van der Waals surface area contributed by atoms with Crippen LogP contribution in [0.5, 0.6) is 5.75 Å². The zero-order valence-electron chi connectivity index (χ0n) is 19.6. The van der Waals surface area contributed by atoms with E-state index in [2.05, 4.69) is 70.9 Å². The quantitative estimate of drug-likeness (QED) is 0.292. The van der Waals surface area contributed by atoms with Crippen molar-refractivity contribution in [1.29, 1.82) is 0 Å². The van der Waals surface area contributed by atoms with Crippen molar-refractivity contribution in [2.75, 3.05) is 41.0 Å². The van der Waals surface area contributed by atoms with Gasteiger partial charge in [-0.2, -0.15) is 0 Å². The summed E-state index contributed by atoms with van der Waals surface area (Å²) < 4.78 is 11.2. The third-order valence-corrected chi connectivity index (χ3v) is 6.03. The van der Waals surface area contributed by atoms with Crippen LogP contribution in [0.25, 0.3) is 0 Å². The van der Waals surface area contributed by atoms with Crippen LogP contribution >= 0.6 is 24.0 Å². The van der Waals surface area contributed by atoms with Gasteiger partial charge in [0.15, 0.2) is 5.96 Å². The molecule has 1 saturated heterocycles. The molecule has 1 unspecified atom stereocenters. The number of rotatable bonds is 8. The first-order chi connectivity index (χ1) is 15.1. The van der Waals surface area contributed by atoms with Crippen molar-refractivity contribution in [2.45, 2.75) is 37.9 Å². The summed E-state index contributed by atoms with van der Waals surface area (Å²) >= 11 is 0. The van der Waals surface area contributed by atoms with Gasteiger partial charge in [0.05, 0.1) is 7.11 Å². The van der Waals surface area contributed by atoms with Gasteiger partial charge in [-0.3, -0.25) is 4.99 Å². The van der Waals surface area contributed by atoms with Crippen LogP contribution < -0.4 is 15.4 Å². The fourth-order valence-corrected chi connectivity index (χ4v) is 4.22. The molecule has 2 aromatic carbocycles. The Hall–Kier alpha value is -1.84. The van der Waals surface area contributed by atoms with Gasteiger partial charge in [-0.05, 0) is 31.4 Å². The summed E-state index contributed by atoms with van der Waals surface area (Å²) in [5.41, 5.74) is 2.38. The van der Waals surface area contributed by atoms with Crippen molar-refractivity contribution in [3.8, 4) is 5.75 Å². The minimum Gasteiger partial charge on any atom is -0.496 e. The molecule has 32 heavy (non-hydrogen) atoms. The Labute approximate surface area is 209 Å². The summed E-state index contributed by atoms with van der Waals surface area (Å²) in [6.45, 7) is 5.27. The summed E-state index contributed by atoms with van der Waals surface area (Å²) in [5, 5.41) is 7.51. The number of nitrogens with zero attached hydrogens (tertiary/aromatic N) is 2. The lowest BCUT2D eigenvalue weighted by molar-refractivity contribution is 0.0353. The van der Waals surface area contributed by atoms with Crippen molar-refractivity contribution in [2.24, 2.45) is 4.99 Å². The third-order valence-electron chi connectivity index (χ3n) is 6.03. The highest BCUT2D eigenvalue weighted by molar-refractivity contribution is 14.0. The van der Waals surface area contributed by atoms with Crippen LogP contribution in [-0.2, 0) is 11.3 Å². The van der Waals surface area contributed by atoms with Gasteiger partial charge in [-0.25, -0.2) is 0 Å². The molecule has 2 N–H and O–H groups in total. The Bertz CT molecular complexity index is 841. The number of nitrogens with one attached hydrogen (secondary N) is 2.